The first-order valence-corrected chi connectivity index (χ1v) is 7.25. The molecule has 1 N–H and O–H groups in total. The lowest BCUT2D eigenvalue weighted by Gasteiger charge is -2.31. The molecule has 1 atom stereocenters. The van der Waals surface area contributed by atoms with E-state index in [0.717, 1.165) is 45.6 Å². The van der Waals surface area contributed by atoms with E-state index in [1.807, 2.05) is 0 Å². The molecule has 104 valence electrons. The minimum atomic E-state index is 0.434. The van der Waals surface area contributed by atoms with Crippen molar-refractivity contribution in [2.24, 2.45) is 0 Å². The molecule has 1 aromatic heterocycles. The standard InChI is InChI=1S/C13H19ClN4O/c14-10-7-15-13(16-8-10)17-11-1-4-18(9-11)12-2-5-19-6-3-12/h7-8,11-12H,1-6,9H2,(H,15,16,17). The fourth-order valence-corrected chi connectivity index (χ4v) is 2.95. The van der Waals surface area contributed by atoms with E-state index in [-0.39, 0.29) is 0 Å². The van der Waals surface area contributed by atoms with Crippen molar-refractivity contribution < 1.29 is 4.74 Å². The van der Waals surface area contributed by atoms with Crippen molar-refractivity contribution in [3.05, 3.63) is 17.4 Å². The lowest BCUT2D eigenvalue weighted by atomic mass is 10.1. The van der Waals surface area contributed by atoms with Crippen LogP contribution in [-0.2, 0) is 4.74 Å². The summed E-state index contributed by atoms with van der Waals surface area (Å²) in [5.74, 6) is 0.670. The van der Waals surface area contributed by atoms with Crippen LogP contribution in [-0.4, -0.2) is 53.3 Å². The first-order chi connectivity index (χ1) is 9.31. The predicted molar refractivity (Wildman–Crippen MR) is 74.5 cm³/mol. The predicted octanol–water partition coefficient (Wildman–Crippen LogP) is 1.80. The van der Waals surface area contributed by atoms with Crippen LogP contribution >= 0.6 is 11.6 Å². The van der Waals surface area contributed by atoms with Gasteiger partial charge in [-0.2, -0.15) is 0 Å². The van der Waals surface area contributed by atoms with Crippen molar-refractivity contribution in [1.82, 2.24) is 14.9 Å². The molecule has 0 aromatic carbocycles. The molecule has 3 heterocycles. The third-order valence-corrected chi connectivity index (χ3v) is 4.08. The Morgan fingerprint density at radius 1 is 1.21 bits per heavy atom. The molecule has 5 nitrogen and oxygen atoms in total. The summed E-state index contributed by atoms with van der Waals surface area (Å²) in [5.41, 5.74) is 0. The average Bonchev–Trinajstić information content (AvgIpc) is 2.91. The van der Waals surface area contributed by atoms with Gasteiger partial charge >= 0.3 is 0 Å². The zero-order valence-corrected chi connectivity index (χ0v) is 11.6. The Balaban J connectivity index is 1.52. The highest BCUT2D eigenvalue weighted by Crippen LogP contribution is 2.21. The van der Waals surface area contributed by atoms with E-state index in [1.165, 1.54) is 0 Å². The number of anilines is 1. The second-order valence-electron chi connectivity index (χ2n) is 5.19. The third-order valence-electron chi connectivity index (χ3n) is 3.88. The molecule has 1 unspecified atom stereocenters. The maximum absolute atomic E-state index is 5.78. The van der Waals surface area contributed by atoms with Gasteiger partial charge in [0.1, 0.15) is 0 Å². The monoisotopic (exact) mass is 282 g/mol. The number of rotatable bonds is 3. The molecule has 0 radical (unpaired) electrons. The largest absolute Gasteiger partial charge is 0.381 e. The van der Waals surface area contributed by atoms with Gasteiger partial charge in [-0.3, -0.25) is 4.90 Å². The van der Waals surface area contributed by atoms with E-state index in [9.17, 15) is 0 Å². The number of nitrogens with zero attached hydrogens (tertiary/aromatic N) is 3. The zero-order chi connectivity index (χ0) is 13.1. The summed E-state index contributed by atoms with van der Waals surface area (Å²) < 4.78 is 5.42. The molecule has 0 aliphatic carbocycles. The van der Waals surface area contributed by atoms with E-state index >= 15 is 0 Å². The summed E-state index contributed by atoms with van der Waals surface area (Å²) in [6, 6.07) is 1.12. The van der Waals surface area contributed by atoms with E-state index in [4.69, 9.17) is 16.3 Å². The van der Waals surface area contributed by atoms with Crippen molar-refractivity contribution in [2.75, 3.05) is 31.6 Å². The number of ether oxygens (including phenoxy) is 1. The highest BCUT2D eigenvalue weighted by Gasteiger charge is 2.29. The Bertz CT molecular complexity index is 408. The molecule has 0 bridgehead atoms. The number of hydrogen-bond donors (Lipinski definition) is 1. The molecule has 0 amide bonds. The maximum atomic E-state index is 5.78. The summed E-state index contributed by atoms with van der Waals surface area (Å²) in [7, 11) is 0. The van der Waals surface area contributed by atoms with Gasteiger partial charge in [0.2, 0.25) is 5.95 Å². The molecule has 6 heteroatoms. The number of nitrogens with one attached hydrogen (secondary N) is 1. The van der Waals surface area contributed by atoms with E-state index in [2.05, 4.69) is 20.2 Å². The number of halogens is 1. The van der Waals surface area contributed by atoms with Crippen LogP contribution in [0.15, 0.2) is 12.4 Å². The fourth-order valence-electron chi connectivity index (χ4n) is 2.86. The van der Waals surface area contributed by atoms with Crippen molar-refractivity contribution in [2.45, 2.75) is 31.3 Å². The van der Waals surface area contributed by atoms with Crippen LogP contribution in [0.1, 0.15) is 19.3 Å². The number of aromatic nitrogens is 2. The molecular weight excluding hydrogens is 264 g/mol. The van der Waals surface area contributed by atoms with Crippen LogP contribution in [0.4, 0.5) is 5.95 Å². The Morgan fingerprint density at radius 2 is 1.95 bits per heavy atom. The van der Waals surface area contributed by atoms with Crippen molar-refractivity contribution in [1.29, 1.82) is 0 Å². The highest BCUT2D eigenvalue weighted by molar-refractivity contribution is 6.30. The molecule has 2 aliphatic heterocycles. The van der Waals surface area contributed by atoms with Crippen LogP contribution in [0.5, 0.6) is 0 Å². The second kappa shape index (κ2) is 6.03. The molecule has 3 rings (SSSR count). The third kappa shape index (κ3) is 3.35. The van der Waals surface area contributed by atoms with Gasteiger partial charge in [0.25, 0.3) is 0 Å². The molecule has 2 fully saturated rings. The van der Waals surface area contributed by atoms with Gasteiger partial charge in [-0.05, 0) is 19.3 Å². The van der Waals surface area contributed by atoms with Crippen LogP contribution in [0.25, 0.3) is 0 Å². The van der Waals surface area contributed by atoms with Gasteiger partial charge in [-0.15, -0.1) is 0 Å². The van der Waals surface area contributed by atoms with Crippen molar-refractivity contribution >= 4 is 17.5 Å². The smallest absolute Gasteiger partial charge is 0.222 e. The van der Waals surface area contributed by atoms with E-state index in [1.54, 1.807) is 12.4 Å². The number of likely N-dealkylation sites (tertiary alicyclic amines) is 1. The molecule has 1 aromatic rings. The minimum Gasteiger partial charge on any atom is -0.381 e. The van der Waals surface area contributed by atoms with Crippen molar-refractivity contribution in [3.63, 3.8) is 0 Å². The van der Waals surface area contributed by atoms with Gasteiger partial charge in [-0.1, -0.05) is 11.6 Å². The quantitative estimate of drug-likeness (QED) is 0.916. The van der Waals surface area contributed by atoms with Gasteiger partial charge in [0.15, 0.2) is 0 Å². The van der Waals surface area contributed by atoms with Gasteiger partial charge in [0.05, 0.1) is 17.4 Å². The normalized spacial score (nSPS) is 25.6. The van der Waals surface area contributed by atoms with Crippen LogP contribution in [0.2, 0.25) is 5.02 Å². The van der Waals surface area contributed by atoms with Crippen LogP contribution in [0, 0.1) is 0 Å². The van der Waals surface area contributed by atoms with Gasteiger partial charge < -0.3 is 10.1 Å². The van der Waals surface area contributed by atoms with E-state index in [0.29, 0.717) is 23.1 Å². The first-order valence-electron chi connectivity index (χ1n) is 6.87. The Morgan fingerprint density at radius 3 is 2.68 bits per heavy atom. The minimum absolute atomic E-state index is 0.434. The Hall–Kier alpha value is -0.910. The summed E-state index contributed by atoms with van der Waals surface area (Å²) in [6.07, 6.45) is 6.71. The summed E-state index contributed by atoms with van der Waals surface area (Å²) in [5, 5.41) is 3.95. The summed E-state index contributed by atoms with van der Waals surface area (Å²) >= 11 is 5.78. The van der Waals surface area contributed by atoms with E-state index < -0.39 is 0 Å². The Labute approximate surface area is 118 Å². The lowest BCUT2D eigenvalue weighted by Crippen LogP contribution is -2.39. The Kier molecular flexibility index (Phi) is 4.15. The number of hydrogen-bond acceptors (Lipinski definition) is 5. The lowest BCUT2D eigenvalue weighted by molar-refractivity contribution is 0.0421. The van der Waals surface area contributed by atoms with Crippen LogP contribution < -0.4 is 5.32 Å². The van der Waals surface area contributed by atoms with Crippen molar-refractivity contribution in [3.8, 4) is 0 Å². The molecule has 2 aliphatic rings. The second-order valence-corrected chi connectivity index (χ2v) is 5.63. The van der Waals surface area contributed by atoms with Gasteiger partial charge in [0, 0.05) is 38.4 Å². The average molecular weight is 283 g/mol. The maximum Gasteiger partial charge on any atom is 0.222 e. The van der Waals surface area contributed by atoms with Gasteiger partial charge in [-0.25, -0.2) is 9.97 Å². The molecule has 19 heavy (non-hydrogen) atoms. The molecule has 2 saturated heterocycles. The van der Waals surface area contributed by atoms with Crippen LogP contribution in [0.3, 0.4) is 0 Å². The molecular formula is C13H19ClN4O. The summed E-state index contributed by atoms with van der Waals surface area (Å²) in [4.78, 5) is 10.9. The topological polar surface area (TPSA) is 50.3 Å². The highest BCUT2D eigenvalue weighted by atomic mass is 35.5. The molecule has 0 spiro atoms. The first kappa shape index (κ1) is 13.1. The zero-order valence-electron chi connectivity index (χ0n) is 10.9. The summed E-state index contributed by atoms with van der Waals surface area (Å²) in [6.45, 7) is 4.02. The molecule has 0 saturated carbocycles. The SMILES string of the molecule is Clc1cnc(NC2CCN(C3CCOCC3)C2)nc1. The fraction of sp³-hybridized carbons (Fsp3) is 0.692.